The first-order valence-electron chi connectivity index (χ1n) is 7.09. The molecule has 0 fully saturated rings. The number of aromatic nitrogens is 1. The summed E-state index contributed by atoms with van der Waals surface area (Å²) in [5.74, 6) is 0. The summed E-state index contributed by atoms with van der Waals surface area (Å²) in [6, 6.07) is 17.5. The number of benzene rings is 2. The maximum Gasteiger partial charge on any atom is 0.0457 e. The second-order valence-corrected chi connectivity index (χ2v) is 5.37. The molecule has 1 heterocycles. The van der Waals surface area contributed by atoms with E-state index in [0.717, 1.165) is 6.54 Å². The average Bonchev–Trinajstić information content (AvgIpc) is 2.89. The molecule has 2 N–H and O–H groups in total. The fourth-order valence-electron chi connectivity index (χ4n) is 2.51. The Morgan fingerprint density at radius 3 is 2.60 bits per heavy atom. The van der Waals surface area contributed by atoms with Gasteiger partial charge in [0.15, 0.2) is 0 Å². The molecule has 0 aliphatic carbocycles. The van der Waals surface area contributed by atoms with E-state index in [2.05, 4.69) is 78.9 Å². The largest absolute Gasteiger partial charge is 0.361 e. The van der Waals surface area contributed by atoms with Crippen molar-refractivity contribution in [1.29, 1.82) is 0 Å². The van der Waals surface area contributed by atoms with E-state index < -0.39 is 0 Å². The van der Waals surface area contributed by atoms with Gasteiger partial charge in [-0.25, -0.2) is 0 Å². The second-order valence-electron chi connectivity index (χ2n) is 5.37. The molecular weight excluding hydrogens is 244 g/mol. The Morgan fingerprint density at radius 1 is 1.05 bits per heavy atom. The Labute approximate surface area is 119 Å². The number of aryl methyl sites for hydroxylation is 1. The maximum atomic E-state index is 3.59. The molecule has 2 heteroatoms. The lowest BCUT2D eigenvalue weighted by Crippen LogP contribution is -2.17. The van der Waals surface area contributed by atoms with Crippen molar-refractivity contribution in [3.8, 4) is 0 Å². The Morgan fingerprint density at radius 2 is 1.80 bits per heavy atom. The summed E-state index contributed by atoms with van der Waals surface area (Å²) in [5, 5.41) is 4.89. The quantitative estimate of drug-likeness (QED) is 0.721. The minimum atomic E-state index is 0.351. The third kappa shape index (κ3) is 2.61. The van der Waals surface area contributed by atoms with E-state index >= 15 is 0 Å². The standard InChI is InChI=1S/C18H20N2/c1-13-7-9-15(10-8-13)14(2)19-11-16-12-20-18-6-4-3-5-17(16)18/h3-10,12,14,19-20H,11H2,1-2H3. The van der Waals surface area contributed by atoms with Gasteiger partial charge >= 0.3 is 0 Å². The molecule has 0 radical (unpaired) electrons. The molecular formula is C18H20N2. The Bertz CT molecular complexity index is 695. The Hall–Kier alpha value is -2.06. The van der Waals surface area contributed by atoms with Gasteiger partial charge in [0.2, 0.25) is 0 Å². The van der Waals surface area contributed by atoms with E-state index in [9.17, 15) is 0 Å². The molecule has 20 heavy (non-hydrogen) atoms. The van der Waals surface area contributed by atoms with Crippen LogP contribution in [0, 0.1) is 6.92 Å². The summed E-state index contributed by atoms with van der Waals surface area (Å²) in [7, 11) is 0. The van der Waals surface area contributed by atoms with Crippen molar-refractivity contribution < 1.29 is 0 Å². The zero-order valence-electron chi connectivity index (χ0n) is 12.0. The highest BCUT2D eigenvalue weighted by atomic mass is 14.9. The number of rotatable bonds is 4. The van der Waals surface area contributed by atoms with Gasteiger partial charge in [0.25, 0.3) is 0 Å². The monoisotopic (exact) mass is 264 g/mol. The van der Waals surface area contributed by atoms with E-state index in [1.165, 1.54) is 27.6 Å². The molecule has 3 rings (SSSR count). The van der Waals surface area contributed by atoms with Crippen molar-refractivity contribution in [2.24, 2.45) is 0 Å². The number of para-hydroxylation sites is 1. The zero-order valence-corrected chi connectivity index (χ0v) is 12.0. The first-order chi connectivity index (χ1) is 9.74. The fraction of sp³-hybridized carbons (Fsp3) is 0.222. The van der Waals surface area contributed by atoms with Crippen LogP contribution in [-0.4, -0.2) is 4.98 Å². The molecule has 0 aliphatic heterocycles. The lowest BCUT2D eigenvalue weighted by Gasteiger charge is -2.14. The van der Waals surface area contributed by atoms with Gasteiger partial charge < -0.3 is 10.3 Å². The van der Waals surface area contributed by atoms with E-state index in [-0.39, 0.29) is 0 Å². The van der Waals surface area contributed by atoms with Gasteiger partial charge in [-0.2, -0.15) is 0 Å². The summed E-state index contributed by atoms with van der Waals surface area (Å²) in [6.45, 7) is 5.20. The lowest BCUT2D eigenvalue weighted by molar-refractivity contribution is 0.576. The van der Waals surface area contributed by atoms with E-state index in [4.69, 9.17) is 0 Å². The van der Waals surface area contributed by atoms with Crippen molar-refractivity contribution >= 4 is 10.9 Å². The van der Waals surface area contributed by atoms with E-state index in [1.807, 2.05) is 0 Å². The van der Waals surface area contributed by atoms with Gasteiger partial charge in [0, 0.05) is 29.7 Å². The number of H-pyrrole nitrogens is 1. The summed E-state index contributed by atoms with van der Waals surface area (Å²) in [5.41, 5.74) is 5.15. The van der Waals surface area contributed by atoms with Crippen molar-refractivity contribution in [2.75, 3.05) is 0 Å². The molecule has 0 saturated carbocycles. The van der Waals surface area contributed by atoms with Gasteiger partial charge in [0.1, 0.15) is 0 Å². The predicted octanol–water partition coefficient (Wildman–Crippen LogP) is 4.33. The molecule has 1 atom stereocenters. The van der Waals surface area contributed by atoms with Gasteiger partial charge in [0.05, 0.1) is 0 Å². The van der Waals surface area contributed by atoms with E-state index in [0.29, 0.717) is 6.04 Å². The minimum Gasteiger partial charge on any atom is -0.361 e. The van der Waals surface area contributed by atoms with Crippen LogP contribution in [0.2, 0.25) is 0 Å². The first kappa shape index (κ1) is 12.9. The Balaban J connectivity index is 1.71. The Kier molecular flexibility index (Phi) is 3.57. The first-order valence-corrected chi connectivity index (χ1v) is 7.09. The number of fused-ring (bicyclic) bond motifs is 1. The molecule has 1 aromatic heterocycles. The number of hydrogen-bond donors (Lipinski definition) is 2. The van der Waals surface area contributed by atoms with Gasteiger partial charge in [-0.3, -0.25) is 0 Å². The van der Waals surface area contributed by atoms with Gasteiger partial charge in [-0.05, 0) is 31.0 Å². The summed E-state index contributed by atoms with van der Waals surface area (Å²) < 4.78 is 0. The highest BCUT2D eigenvalue weighted by molar-refractivity contribution is 5.82. The molecule has 1 unspecified atom stereocenters. The van der Waals surface area contributed by atoms with Gasteiger partial charge in [-0.1, -0.05) is 48.0 Å². The highest BCUT2D eigenvalue weighted by Crippen LogP contribution is 2.19. The number of nitrogens with one attached hydrogen (secondary N) is 2. The maximum absolute atomic E-state index is 3.59. The van der Waals surface area contributed by atoms with Crippen LogP contribution in [0.25, 0.3) is 10.9 Å². The van der Waals surface area contributed by atoms with Crippen LogP contribution in [0.4, 0.5) is 0 Å². The topological polar surface area (TPSA) is 27.8 Å². The minimum absolute atomic E-state index is 0.351. The fourth-order valence-corrected chi connectivity index (χ4v) is 2.51. The second kappa shape index (κ2) is 5.51. The molecule has 3 aromatic rings. The molecule has 0 aliphatic rings. The van der Waals surface area contributed by atoms with Crippen LogP contribution < -0.4 is 5.32 Å². The van der Waals surface area contributed by atoms with Gasteiger partial charge in [-0.15, -0.1) is 0 Å². The van der Waals surface area contributed by atoms with Crippen LogP contribution in [0.5, 0.6) is 0 Å². The molecule has 2 nitrogen and oxygen atoms in total. The van der Waals surface area contributed by atoms with Crippen molar-refractivity contribution in [2.45, 2.75) is 26.4 Å². The summed E-state index contributed by atoms with van der Waals surface area (Å²) in [6.07, 6.45) is 2.10. The van der Waals surface area contributed by atoms with Crippen LogP contribution in [-0.2, 0) is 6.54 Å². The van der Waals surface area contributed by atoms with Crippen LogP contribution in [0.1, 0.15) is 29.7 Å². The third-order valence-corrected chi connectivity index (χ3v) is 3.85. The smallest absolute Gasteiger partial charge is 0.0457 e. The summed E-state index contributed by atoms with van der Waals surface area (Å²) in [4.78, 5) is 3.32. The normalized spacial score (nSPS) is 12.7. The summed E-state index contributed by atoms with van der Waals surface area (Å²) >= 11 is 0. The molecule has 102 valence electrons. The number of hydrogen-bond acceptors (Lipinski definition) is 1. The van der Waals surface area contributed by atoms with Crippen molar-refractivity contribution in [3.05, 3.63) is 71.4 Å². The lowest BCUT2D eigenvalue weighted by atomic mass is 10.1. The van der Waals surface area contributed by atoms with Crippen LogP contribution in [0.15, 0.2) is 54.7 Å². The molecule has 0 spiro atoms. The molecule has 0 saturated heterocycles. The van der Waals surface area contributed by atoms with E-state index in [1.54, 1.807) is 0 Å². The SMILES string of the molecule is Cc1ccc(C(C)NCc2c[nH]c3ccccc23)cc1. The van der Waals surface area contributed by atoms with Crippen molar-refractivity contribution in [3.63, 3.8) is 0 Å². The molecule has 0 bridgehead atoms. The highest BCUT2D eigenvalue weighted by Gasteiger charge is 2.07. The molecule has 0 amide bonds. The van der Waals surface area contributed by atoms with Crippen LogP contribution >= 0.6 is 0 Å². The number of aromatic amines is 1. The van der Waals surface area contributed by atoms with Crippen molar-refractivity contribution in [1.82, 2.24) is 10.3 Å². The zero-order chi connectivity index (χ0) is 13.9. The average molecular weight is 264 g/mol. The predicted molar refractivity (Wildman–Crippen MR) is 84.7 cm³/mol. The van der Waals surface area contributed by atoms with Crippen LogP contribution in [0.3, 0.4) is 0 Å². The third-order valence-electron chi connectivity index (χ3n) is 3.85. The molecule has 2 aromatic carbocycles.